The first-order valence-corrected chi connectivity index (χ1v) is 3.50. The summed E-state index contributed by atoms with van der Waals surface area (Å²) in [4.78, 5) is 0. The normalized spacial score (nSPS) is 10.2. The van der Waals surface area contributed by atoms with Crippen molar-refractivity contribution in [3.63, 3.8) is 0 Å². The van der Waals surface area contributed by atoms with Crippen molar-refractivity contribution >= 4 is 0 Å². The Morgan fingerprint density at radius 2 is 2.50 bits per heavy atom. The molecule has 10 heavy (non-hydrogen) atoms. The summed E-state index contributed by atoms with van der Waals surface area (Å²) >= 11 is 0. The molecule has 0 saturated heterocycles. The van der Waals surface area contributed by atoms with Crippen LogP contribution in [-0.2, 0) is 13.0 Å². The molecular weight excluding hydrogens is 128 g/mol. The second-order valence-electron chi connectivity index (χ2n) is 2.15. The van der Waals surface area contributed by atoms with E-state index in [1.807, 2.05) is 12.3 Å². The van der Waals surface area contributed by atoms with E-state index in [4.69, 9.17) is 5.11 Å². The summed E-state index contributed by atoms with van der Waals surface area (Å²) in [5.41, 5.74) is 1.08. The highest BCUT2D eigenvalue weighted by atomic mass is 16.3. The van der Waals surface area contributed by atoms with Crippen molar-refractivity contribution in [2.24, 2.45) is 0 Å². The number of hydrogen-bond donors (Lipinski definition) is 1. The number of aliphatic hydroxyl groups excluding tert-OH is 1. The summed E-state index contributed by atoms with van der Waals surface area (Å²) in [6.45, 7) is 2.82. The van der Waals surface area contributed by atoms with Gasteiger partial charge in [0, 0.05) is 6.20 Å². The quantitative estimate of drug-likeness (QED) is 0.661. The standard InChI is InChI=1S/C7H12N2O/c1-2-7-3-4-9(8-7)5-6-10/h3-4,10H,2,5-6H2,1H3. The zero-order valence-corrected chi connectivity index (χ0v) is 6.12. The molecule has 1 rings (SSSR count). The molecule has 0 spiro atoms. The zero-order valence-electron chi connectivity index (χ0n) is 6.12. The van der Waals surface area contributed by atoms with E-state index in [2.05, 4.69) is 12.0 Å². The molecule has 0 aliphatic heterocycles. The third kappa shape index (κ3) is 1.57. The minimum Gasteiger partial charge on any atom is -0.394 e. The second-order valence-corrected chi connectivity index (χ2v) is 2.15. The van der Waals surface area contributed by atoms with Crippen LogP contribution in [0.5, 0.6) is 0 Å². The van der Waals surface area contributed by atoms with E-state index >= 15 is 0 Å². The Bertz CT molecular complexity index is 195. The summed E-state index contributed by atoms with van der Waals surface area (Å²) in [7, 11) is 0. The average Bonchev–Trinajstić information content (AvgIpc) is 2.37. The fourth-order valence-electron chi connectivity index (χ4n) is 0.819. The van der Waals surface area contributed by atoms with Gasteiger partial charge in [0.2, 0.25) is 0 Å². The molecule has 1 heterocycles. The van der Waals surface area contributed by atoms with Crippen LogP contribution in [0.25, 0.3) is 0 Å². The van der Waals surface area contributed by atoms with Gasteiger partial charge in [0.1, 0.15) is 0 Å². The summed E-state index contributed by atoms with van der Waals surface area (Å²) < 4.78 is 1.75. The Balaban J connectivity index is 2.59. The van der Waals surface area contributed by atoms with Gasteiger partial charge in [0.15, 0.2) is 0 Å². The Labute approximate surface area is 60.3 Å². The minimum absolute atomic E-state index is 0.158. The lowest BCUT2D eigenvalue weighted by Crippen LogP contribution is -2.02. The fraction of sp³-hybridized carbons (Fsp3) is 0.571. The Morgan fingerprint density at radius 3 is 3.00 bits per heavy atom. The maximum Gasteiger partial charge on any atom is 0.0640 e. The first-order valence-electron chi connectivity index (χ1n) is 3.50. The number of nitrogens with zero attached hydrogens (tertiary/aromatic N) is 2. The molecule has 56 valence electrons. The van der Waals surface area contributed by atoms with Gasteiger partial charge < -0.3 is 5.11 Å². The maximum atomic E-state index is 8.54. The third-order valence-electron chi connectivity index (χ3n) is 1.39. The summed E-state index contributed by atoms with van der Waals surface area (Å²) in [5, 5.41) is 12.7. The van der Waals surface area contributed by atoms with Crippen molar-refractivity contribution < 1.29 is 5.11 Å². The molecule has 0 saturated carbocycles. The van der Waals surface area contributed by atoms with E-state index in [0.717, 1.165) is 12.1 Å². The lowest BCUT2D eigenvalue weighted by molar-refractivity contribution is 0.269. The van der Waals surface area contributed by atoms with Crippen LogP contribution >= 0.6 is 0 Å². The maximum absolute atomic E-state index is 8.54. The van der Waals surface area contributed by atoms with Gasteiger partial charge in [-0.2, -0.15) is 5.10 Å². The molecule has 1 N–H and O–H groups in total. The summed E-state index contributed by atoms with van der Waals surface area (Å²) in [6.07, 6.45) is 2.84. The molecule has 1 aromatic rings. The molecule has 3 nitrogen and oxygen atoms in total. The van der Waals surface area contributed by atoms with Crippen LogP contribution in [-0.4, -0.2) is 21.5 Å². The van der Waals surface area contributed by atoms with Crippen molar-refractivity contribution in [2.45, 2.75) is 19.9 Å². The average molecular weight is 140 g/mol. The van der Waals surface area contributed by atoms with Gasteiger partial charge >= 0.3 is 0 Å². The molecule has 0 unspecified atom stereocenters. The zero-order chi connectivity index (χ0) is 7.40. The molecule has 0 aliphatic rings. The van der Waals surface area contributed by atoms with Crippen LogP contribution in [0.15, 0.2) is 12.3 Å². The summed E-state index contributed by atoms with van der Waals surface area (Å²) in [5.74, 6) is 0. The Morgan fingerprint density at radius 1 is 1.70 bits per heavy atom. The van der Waals surface area contributed by atoms with Gasteiger partial charge in [0.05, 0.1) is 18.8 Å². The highest BCUT2D eigenvalue weighted by molar-refractivity contribution is 4.97. The molecule has 0 aromatic carbocycles. The van der Waals surface area contributed by atoms with Crippen molar-refractivity contribution in [2.75, 3.05) is 6.61 Å². The second kappa shape index (κ2) is 3.37. The Kier molecular flexibility index (Phi) is 2.45. The van der Waals surface area contributed by atoms with Crippen LogP contribution in [0.4, 0.5) is 0 Å². The first kappa shape index (κ1) is 7.28. The number of aliphatic hydroxyl groups is 1. The molecular formula is C7H12N2O. The molecule has 0 aliphatic carbocycles. The molecule has 0 amide bonds. The predicted octanol–water partition coefficient (Wildman–Crippen LogP) is 0.438. The van der Waals surface area contributed by atoms with Crippen LogP contribution in [0.3, 0.4) is 0 Å². The third-order valence-corrected chi connectivity index (χ3v) is 1.39. The van der Waals surface area contributed by atoms with Crippen molar-refractivity contribution in [3.05, 3.63) is 18.0 Å². The van der Waals surface area contributed by atoms with E-state index in [-0.39, 0.29) is 6.61 Å². The molecule has 0 radical (unpaired) electrons. The number of hydrogen-bond acceptors (Lipinski definition) is 2. The van der Waals surface area contributed by atoms with E-state index in [9.17, 15) is 0 Å². The molecule has 0 fully saturated rings. The highest BCUT2D eigenvalue weighted by Gasteiger charge is 1.93. The van der Waals surface area contributed by atoms with Crippen molar-refractivity contribution in [1.29, 1.82) is 0 Å². The highest BCUT2D eigenvalue weighted by Crippen LogP contribution is 1.94. The first-order chi connectivity index (χ1) is 4.86. The molecule has 3 heteroatoms. The lowest BCUT2D eigenvalue weighted by atomic mass is 10.4. The Hall–Kier alpha value is -0.830. The van der Waals surface area contributed by atoms with Crippen LogP contribution in [0.1, 0.15) is 12.6 Å². The fourth-order valence-corrected chi connectivity index (χ4v) is 0.819. The monoisotopic (exact) mass is 140 g/mol. The molecule has 1 aromatic heterocycles. The van der Waals surface area contributed by atoms with Gasteiger partial charge in [-0.1, -0.05) is 6.92 Å². The van der Waals surface area contributed by atoms with Gasteiger partial charge in [-0.05, 0) is 12.5 Å². The topological polar surface area (TPSA) is 38.0 Å². The predicted molar refractivity (Wildman–Crippen MR) is 38.7 cm³/mol. The smallest absolute Gasteiger partial charge is 0.0640 e. The van der Waals surface area contributed by atoms with Gasteiger partial charge in [-0.15, -0.1) is 0 Å². The van der Waals surface area contributed by atoms with Gasteiger partial charge in [0.25, 0.3) is 0 Å². The lowest BCUT2D eigenvalue weighted by Gasteiger charge is -1.94. The van der Waals surface area contributed by atoms with E-state index < -0.39 is 0 Å². The van der Waals surface area contributed by atoms with Crippen molar-refractivity contribution in [3.8, 4) is 0 Å². The minimum atomic E-state index is 0.158. The van der Waals surface area contributed by atoms with Crippen LogP contribution in [0.2, 0.25) is 0 Å². The number of rotatable bonds is 3. The van der Waals surface area contributed by atoms with Gasteiger partial charge in [-0.25, -0.2) is 0 Å². The van der Waals surface area contributed by atoms with Gasteiger partial charge in [-0.3, -0.25) is 4.68 Å². The number of aryl methyl sites for hydroxylation is 1. The van der Waals surface area contributed by atoms with E-state index in [1.54, 1.807) is 4.68 Å². The van der Waals surface area contributed by atoms with E-state index in [1.165, 1.54) is 0 Å². The van der Waals surface area contributed by atoms with Crippen LogP contribution in [0, 0.1) is 0 Å². The summed E-state index contributed by atoms with van der Waals surface area (Å²) in [6, 6.07) is 1.97. The van der Waals surface area contributed by atoms with Crippen molar-refractivity contribution in [1.82, 2.24) is 9.78 Å². The largest absolute Gasteiger partial charge is 0.394 e. The molecule has 0 atom stereocenters. The number of aromatic nitrogens is 2. The SMILES string of the molecule is CCc1ccn(CCO)n1. The van der Waals surface area contributed by atoms with E-state index in [0.29, 0.717) is 6.54 Å². The molecule has 0 bridgehead atoms. The van der Waals surface area contributed by atoms with Crippen LogP contribution < -0.4 is 0 Å².